The van der Waals surface area contributed by atoms with E-state index in [0.29, 0.717) is 0 Å². The van der Waals surface area contributed by atoms with Crippen molar-refractivity contribution in [1.29, 1.82) is 0 Å². The van der Waals surface area contributed by atoms with Crippen molar-refractivity contribution < 1.29 is 0 Å². The Hall–Kier alpha value is -1.24. The lowest BCUT2D eigenvalue weighted by Crippen LogP contribution is -1.96. The molecule has 1 heteroatoms. The Labute approximate surface area is 79.0 Å². The Balaban J connectivity index is 2.74. The molecule has 0 bridgehead atoms. The normalized spacial score (nSPS) is 10.9. The first-order chi connectivity index (χ1) is 6.36. The summed E-state index contributed by atoms with van der Waals surface area (Å²) in [6, 6.07) is 8.78. The predicted molar refractivity (Wildman–Crippen MR) is 56.2 cm³/mol. The summed E-state index contributed by atoms with van der Waals surface area (Å²) in [4.78, 5) is 0. The minimum absolute atomic E-state index is 1.09. The highest BCUT2D eigenvalue weighted by Crippen LogP contribution is 2.15. The van der Waals surface area contributed by atoms with Gasteiger partial charge in [0.2, 0.25) is 0 Å². The van der Waals surface area contributed by atoms with Crippen LogP contribution in [0, 0.1) is 0 Å². The standard InChI is InChI=1S/C12H15N/c1-3-10-7-8-11(4-2)13-9-5-6-12(10)13/h5-9H,3-4H2,1-2H3. The average molecular weight is 173 g/mol. The fraction of sp³-hybridized carbons (Fsp3) is 0.333. The lowest BCUT2D eigenvalue weighted by molar-refractivity contribution is 0.967. The molecule has 2 aromatic rings. The summed E-state index contributed by atoms with van der Waals surface area (Å²) < 4.78 is 2.29. The molecule has 0 saturated carbocycles. The van der Waals surface area contributed by atoms with Crippen molar-refractivity contribution in [2.45, 2.75) is 26.7 Å². The van der Waals surface area contributed by atoms with Gasteiger partial charge in [-0.2, -0.15) is 0 Å². The van der Waals surface area contributed by atoms with Gasteiger partial charge in [0.1, 0.15) is 0 Å². The number of rotatable bonds is 2. The van der Waals surface area contributed by atoms with Gasteiger partial charge in [-0.05, 0) is 36.6 Å². The molecule has 0 aromatic carbocycles. The summed E-state index contributed by atoms with van der Waals surface area (Å²) in [6.45, 7) is 4.40. The predicted octanol–water partition coefficient (Wildman–Crippen LogP) is 3.06. The first-order valence-corrected chi connectivity index (χ1v) is 4.94. The number of aryl methyl sites for hydroxylation is 2. The van der Waals surface area contributed by atoms with Gasteiger partial charge < -0.3 is 4.40 Å². The van der Waals surface area contributed by atoms with Crippen LogP contribution < -0.4 is 0 Å². The van der Waals surface area contributed by atoms with Crippen molar-refractivity contribution >= 4 is 5.52 Å². The maximum Gasteiger partial charge on any atom is 0.0484 e. The summed E-state index contributed by atoms with van der Waals surface area (Å²) in [7, 11) is 0. The number of fused-ring (bicyclic) bond motifs is 1. The maximum absolute atomic E-state index is 2.29. The van der Waals surface area contributed by atoms with Crippen molar-refractivity contribution in [3.8, 4) is 0 Å². The van der Waals surface area contributed by atoms with Gasteiger partial charge in [0.15, 0.2) is 0 Å². The molecule has 0 radical (unpaired) electrons. The number of nitrogens with zero attached hydrogens (tertiary/aromatic N) is 1. The van der Waals surface area contributed by atoms with Crippen LogP contribution in [0.4, 0.5) is 0 Å². The number of pyridine rings is 1. The lowest BCUT2D eigenvalue weighted by atomic mass is 10.1. The largest absolute Gasteiger partial charge is 0.321 e. The summed E-state index contributed by atoms with van der Waals surface area (Å²) in [5.41, 5.74) is 4.18. The lowest BCUT2D eigenvalue weighted by Gasteiger charge is -2.06. The van der Waals surface area contributed by atoms with Gasteiger partial charge in [0.25, 0.3) is 0 Å². The van der Waals surface area contributed by atoms with Gasteiger partial charge >= 0.3 is 0 Å². The molecular formula is C12H15N. The van der Waals surface area contributed by atoms with Gasteiger partial charge in [-0.3, -0.25) is 0 Å². The Bertz CT molecular complexity index is 374. The van der Waals surface area contributed by atoms with Crippen LogP contribution in [0.25, 0.3) is 5.52 Å². The van der Waals surface area contributed by atoms with Crippen LogP contribution in [0.5, 0.6) is 0 Å². The molecule has 0 spiro atoms. The second kappa shape index (κ2) is 3.25. The molecule has 0 aliphatic heterocycles. The van der Waals surface area contributed by atoms with E-state index >= 15 is 0 Å². The van der Waals surface area contributed by atoms with Crippen LogP contribution in [-0.2, 0) is 12.8 Å². The van der Waals surface area contributed by atoms with Crippen molar-refractivity contribution in [3.05, 3.63) is 41.7 Å². The zero-order chi connectivity index (χ0) is 9.26. The van der Waals surface area contributed by atoms with E-state index in [1.165, 1.54) is 16.8 Å². The van der Waals surface area contributed by atoms with E-state index in [1.807, 2.05) is 0 Å². The van der Waals surface area contributed by atoms with Gasteiger partial charge in [0.05, 0.1) is 0 Å². The summed E-state index contributed by atoms with van der Waals surface area (Å²) in [5.74, 6) is 0. The van der Waals surface area contributed by atoms with Gasteiger partial charge in [-0.25, -0.2) is 0 Å². The highest BCUT2D eigenvalue weighted by molar-refractivity contribution is 5.56. The third-order valence-electron chi connectivity index (χ3n) is 2.61. The fourth-order valence-corrected chi connectivity index (χ4v) is 1.84. The monoisotopic (exact) mass is 173 g/mol. The van der Waals surface area contributed by atoms with Crippen LogP contribution in [0.2, 0.25) is 0 Å². The van der Waals surface area contributed by atoms with E-state index in [0.717, 1.165) is 12.8 Å². The van der Waals surface area contributed by atoms with Gasteiger partial charge in [-0.1, -0.05) is 19.9 Å². The average Bonchev–Trinajstić information content (AvgIpc) is 2.64. The van der Waals surface area contributed by atoms with E-state index in [1.54, 1.807) is 0 Å². The molecule has 1 nitrogen and oxygen atoms in total. The molecule has 0 fully saturated rings. The van der Waals surface area contributed by atoms with Gasteiger partial charge in [-0.15, -0.1) is 0 Å². The molecule has 2 heterocycles. The highest BCUT2D eigenvalue weighted by Gasteiger charge is 2.01. The Morgan fingerprint density at radius 3 is 2.62 bits per heavy atom. The molecule has 68 valence electrons. The van der Waals surface area contributed by atoms with E-state index in [4.69, 9.17) is 0 Å². The van der Waals surface area contributed by atoms with E-state index in [9.17, 15) is 0 Å². The Kier molecular flexibility index (Phi) is 2.09. The molecule has 0 saturated heterocycles. The van der Waals surface area contributed by atoms with Crippen molar-refractivity contribution in [2.75, 3.05) is 0 Å². The fourth-order valence-electron chi connectivity index (χ4n) is 1.84. The molecule has 0 amide bonds. The van der Waals surface area contributed by atoms with Crippen LogP contribution in [0.3, 0.4) is 0 Å². The molecule has 13 heavy (non-hydrogen) atoms. The quantitative estimate of drug-likeness (QED) is 0.657. The molecule has 0 N–H and O–H groups in total. The Morgan fingerprint density at radius 2 is 1.92 bits per heavy atom. The zero-order valence-electron chi connectivity index (χ0n) is 8.25. The molecule has 0 atom stereocenters. The molecule has 2 rings (SSSR count). The molecule has 2 aromatic heterocycles. The summed E-state index contributed by atoms with van der Waals surface area (Å²) in [5, 5.41) is 0. The van der Waals surface area contributed by atoms with Crippen molar-refractivity contribution in [2.24, 2.45) is 0 Å². The number of hydrogen-bond acceptors (Lipinski definition) is 0. The van der Waals surface area contributed by atoms with E-state index in [2.05, 4.69) is 48.7 Å². The van der Waals surface area contributed by atoms with Crippen LogP contribution in [0.1, 0.15) is 25.1 Å². The first kappa shape index (κ1) is 8.36. The molecule has 0 unspecified atom stereocenters. The molecule has 0 aliphatic rings. The zero-order valence-corrected chi connectivity index (χ0v) is 8.25. The smallest absolute Gasteiger partial charge is 0.0484 e. The molecule has 0 aliphatic carbocycles. The molecular weight excluding hydrogens is 158 g/mol. The van der Waals surface area contributed by atoms with E-state index < -0.39 is 0 Å². The summed E-state index contributed by atoms with van der Waals surface area (Å²) >= 11 is 0. The topological polar surface area (TPSA) is 4.41 Å². The second-order valence-electron chi connectivity index (χ2n) is 3.32. The SMILES string of the molecule is CCc1ccc(CC)n2cccc12. The number of hydrogen-bond donors (Lipinski definition) is 0. The third-order valence-corrected chi connectivity index (χ3v) is 2.61. The second-order valence-corrected chi connectivity index (χ2v) is 3.32. The van der Waals surface area contributed by atoms with E-state index in [-0.39, 0.29) is 0 Å². The minimum Gasteiger partial charge on any atom is -0.321 e. The maximum atomic E-state index is 2.29. The summed E-state index contributed by atoms with van der Waals surface area (Å²) in [6.07, 6.45) is 4.35. The highest BCUT2D eigenvalue weighted by atomic mass is 14.9. The number of aromatic nitrogens is 1. The van der Waals surface area contributed by atoms with Crippen LogP contribution >= 0.6 is 0 Å². The minimum atomic E-state index is 1.09. The first-order valence-electron chi connectivity index (χ1n) is 4.94. The van der Waals surface area contributed by atoms with Crippen LogP contribution in [0.15, 0.2) is 30.5 Å². The Morgan fingerprint density at radius 1 is 1.08 bits per heavy atom. The van der Waals surface area contributed by atoms with Gasteiger partial charge in [0, 0.05) is 17.4 Å². The van der Waals surface area contributed by atoms with Crippen molar-refractivity contribution in [3.63, 3.8) is 0 Å². The van der Waals surface area contributed by atoms with Crippen LogP contribution in [-0.4, -0.2) is 4.40 Å². The van der Waals surface area contributed by atoms with Crippen molar-refractivity contribution in [1.82, 2.24) is 4.40 Å². The third kappa shape index (κ3) is 1.24.